The lowest BCUT2D eigenvalue weighted by atomic mass is 10.1. The quantitative estimate of drug-likeness (QED) is 0.133. The molecule has 0 aromatic heterocycles. The molecule has 31 heavy (non-hydrogen) atoms. The Bertz CT molecular complexity index is 535. The highest BCUT2D eigenvalue weighted by Crippen LogP contribution is 2.13. The maximum Gasteiger partial charge on any atom is 0.104 e. The minimum atomic E-state index is 0. The van der Waals surface area contributed by atoms with Gasteiger partial charge in [-0.2, -0.15) is 0 Å². The van der Waals surface area contributed by atoms with Crippen LogP contribution >= 0.6 is 0 Å². The molecule has 0 saturated heterocycles. The van der Waals surface area contributed by atoms with E-state index in [1.165, 1.54) is 108 Å². The molecular weight excluding hydrogens is 398 g/mol. The molecule has 0 aliphatic heterocycles. The lowest BCUT2D eigenvalue weighted by molar-refractivity contribution is -0.903. The molecule has 0 aliphatic carbocycles. The van der Waals surface area contributed by atoms with Crippen molar-refractivity contribution >= 4 is 0 Å². The molecule has 0 radical (unpaired) electrons. The molecule has 2 heteroatoms. The Labute approximate surface area is 201 Å². The van der Waals surface area contributed by atoms with Gasteiger partial charge in [-0.15, -0.1) is 6.58 Å². The van der Waals surface area contributed by atoms with Gasteiger partial charge in [0.15, 0.2) is 0 Å². The maximum atomic E-state index is 3.78. The molecule has 0 atom stereocenters. The van der Waals surface area contributed by atoms with Crippen molar-refractivity contribution in [3.63, 3.8) is 0 Å². The molecule has 0 saturated carbocycles. The van der Waals surface area contributed by atoms with E-state index in [1.807, 2.05) is 6.08 Å². The normalized spacial score (nSPS) is 11.5. The van der Waals surface area contributed by atoms with Crippen LogP contribution in [0.4, 0.5) is 0 Å². The van der Waals surface area contributed by atoms with Crippen LogP contribution in [0.1, 0.15) is 102 Å². The smallest absolute Gasteiger partial charge is 0.104 e. The van der Waals surface area contributed by atoms with Crippen LogP contribution in [-0.4, -0.2) is 25.1 Å². The minimum absolute atomic E-state index is 0. The Hall–Kier alpha value is -1.05. The average Bonchev–Trinajstić information content (AvgIpc) is 2.73. The second kappa shape index (κ2) is 20.8. The van der Waals surface area contributed by atoms with Crippen LogP contribution in [0.5, 0.6) is 0 Å². The molecule has 0 bridgehead atoms. The van der Waals surface area contributed by atoms with Gasteiger partial charge < -0.3 is 16.9 Å². The Morgan fingerprint density at radius 2 is 1.10 bits per heavy atom. The molecule has 0 unspecified atom stereocenters. The predicted octanol–water partition coefficient (Wildman–Crippen LogP) is 5.86. The molecule has 178 valence electrons. The number of hydrogen-bond acceptors (Lipinski definition) is 0. The largest absolute Gasteiger partial charge is 1.00 e. The fourth-order valence-electron chi connectivity index (χ4n) is 4.16. The molecule has 0 amide bonds. The fraction of sp³-hybridized carbons (Fsp3) is 0.655. The summed E-state index contributed by atoms with van der Waals surface area (Å²) in [6, 6.07) is 10.9. The summed E-state index contributed by atoms with van der Waals surface area (Å²) >= 11 is 0. The molecule has 0 heterocycles. The van der Waals surface area contributed by atoms with Crippen LogP contribution < -0.4 is 12.4 Å². The van der Waals surface area contributed by atoms with Crippen molar-refractivity contribution in [3.8, 4) is 0 Å². The van der Waals surface area contributed by atoms with Gasteiger partial charge in [-0.3, -0.25) is 0 Å². The van der Waals surface area contributed by atoms with Crippen molar-refractivity contribution < 1.29 is 16.9 Å². The summed E-state index contributed by atoms with van der Waals surface area (Å²) in [6.45, 7) is 6.21. The third-order valence-electron chi connectivity index (χ3n) is 6.03. The number of unbranched alkanes of at least 4 members (excludes halogenated alkanes) is 13. The first-order valence-corrected chi connectivity index (χ1v) is 12.8. The average molecular weight is 448 g/mol. The van der Waals surface area contributed by atoms with Crippen molar-refractivity contribution in [2.45, 2.75) is 103 Å². The molecule has 1 rings (SSSR count). The lowest BCUT2D eigenvalue weighted by Crippen LogP contribution is -3.00. The van der Waals surface area contributed by atoms with Gasteiger partial charge in [0.05, 0.1) is 20.6 Å². The van der Waals surface area contributed by atoms with Gasteiger partial charge in [0.2, 0.25) is 0 Å². The second-order valence-electron chi connectivity index (χ2n) is 9.67. The molecule has 0 spiro atoms. The third kappa shape index (κ3) is 19.4. The Morgan fingerprint density at radius 3 is 1.61 bits per heavy atom. The van der Waals surface area contributed by atoms with Crippen LogP contribution in [0.15, 0.2) is 55.1 Å². The SMILES string of the molecule is C=CCCCCCCCC/C=C\CCCCCCCC[N+](C)(C)Cc1ccccc1.[Cl-]. The van der Waals surface area contributed by atoms with Crippen LogP contribution in [-0.2, 0) is 6.54 Å². The highest BCUT2D eigenvalue weighted by molar-refractivity contribution is 5.13. The molecular formula is C29H50ClN. The summed E-state index contributed by atoms with van der Waals surface area (Å²) in [7, 11) is 4.73. The van der Waals surface area contributed by atoms with Crippen molar-refractivity contribution in [2.75, 3.05) is 20.6 Å². The number of quaternary nitrogens is 1. The number of benzene rings is 1. The predicted molar refractivity (Wildman–Crippen MR) is 136 cm³/mol. The third-order valence-corrected chi connectivity index (χ3v) is 6.03. The van der Waals surface area contributed by atoms with Crippen molar-refractivity contribution in [2.24, 2.45) is 0 Å². The van der Waals surface area contributed by atoms with Gasteiger partial charge in [0, 0.05) is 5.56 Å². The highest BCUT2D eigenvalue weighted by Gasteiger charge is 2.14. The fourth-order valence-corrected chi connectivity index (χ4v) is 4.16. The summed E-state index contributed by atoms with van der Waals surface area (Å²) in [4.78, 5) is 0. The van der Waals surface area contributed by atoms with Crippen molar-refractivity contribution in [1.82, 2.24) is 0 Å². The van der Waals surface area contributed by atoms with Crippen LogP contribution in [0, 0.1) is 0 Å². The standard InChI is InChI=1S/C29H50N.ClH/c1-4-5-6-7-8-9-10-11-12-13-14-15-16-17-18-19-20-24-27-30(2,3)28-29-25-22-21-23-26-29;/h4,13-14,21-23,25-26H,1,5-12,15-20,24,27-28H2,2-3H3;1H/q+1;/p-1/b14-13-;. The van der Waals surface area contributed by atoms with E-state index < -0.39 is 0 Å². The lowest BCUT2D eigenvalue weighted by Gasteiger charge is -2.30. The highest BCUT2D eigenvalue weighted by atomic mass is 35.5. The molecule has 1 aromatic carbocycles. The Kier molecular flexibility index (Phi) is 20.1. The first kappa shape index (κ1) is 29.9. The van der Waals surface area contributed by atoms with E-state index in [9.17, 15) is 0 Å². The molecule has 1 nitrogen and oxygen atoms in total. The molecule has 0 fully saturated rings. The van der Waals surface area contributed by atoms with Gasteiger partial charge in [-0.1, -0.05) is 93.5 Å². The Morgan fingerprint density at radius 1 is 0.645 bits per heavy atom. The number of halogens is 1. The summed E-state index contributed by atoms with van der Waals surface area (Å²) in [5.74, 6) is 0. The van der Waals surface area contributed by atoms with E-state index in [1.54, 1.807) is 0 Å². The first-order valence-electron chi connectivity index (χ1n) is 12.8. The number of allylic oxidation sites excluding steroid dienone is 3. The zero-order chi connectivity index (χ0) is 21.8. The second-order valence-corrected chi connectivity index (χ2v) is 9.67. The van der Waals surface area contributed by atoms with E-state index in [4.69, 9.17) is 0 Å². The Balaban J connectivity index is 0.00000900. The molecule has 0 aliphatic rings. The van der Waals surface area contributed by atoms with E-state index in [-0.39, 0.29) is 12.4 Å². The molecule has 0 N–H and O–H groups in total. The number of hydrogen-bond donors (Lipinski definition) is 0. The van der Waals surface area contributed by atoms with Gasteiger partial charge in [-0.05, 0) is 51.4 Å². The van der Waals surface area contributed by atoms with Crippen molar-refractivity contribution in [3.05, 3.63) is 60.7 Å². The maximum absolute atomic E-state index is 3.78. The monoisotopic (exact) mass is 447 g/mol. The van der Waals surface area contributed by atoms with E-state index >= 15 is 0 Å². The van der Waals surface area contributed by atoms with Gasteiger partial charge in [-0.25, -0.2) is 0 Å². The van der Waals surface area contributed by atoms with Crippen molar-refractivity contribution in [1.29, 1.82) is 0 Å². The van der Waals surface area contributed by atoms with Crippen LogP contribution in [0.3, 0.4) is 0 Å². The minimum Gasteiger partial charge on any atom is -1.00 e. The van der Waals surface area contributed by atoms with E-state index in [0.717, 1.165) is 11.0 Å². The van der Waals surface area contributed by atoms with Gasteiger partial charge in [0.25, 0.3) is 0 Å². The van der Waals surface area contributed by atoms with Crippen LogP contribution in [0.25, 0.3) is 0 Å². The summed E-state index contributed by atoms with van der Waals surface area (Å²) in [6.07, 6.45) is 27.3. The summed E-state index contributed by atoms with van der Waals surface area (Å²) < 4.78 is 1.10. The van der Waals surface area contributed by atoms with Gasteiger partial charge >= 0.3 is 0 Å². The number of nitrogens with zero attached hydrogens (tertiary/aromatic N) is 1. The topological polar surface area (TPSA) is 0 Å². The summed E-state index contributed by atoms with van der Waals surface area (Å²) in [5, 5.41) is 0. The first-order chi connectivity index (χ1) is 14.6. The summed E-state index contributed by atoms with van der Waals surface area (Å²) in [5.41, 5.74) is 1.45. The van der Waals surface area contributed by atoms with E-state index in [0.29, 0.717) is 0 Å². The van der Waals surface area contributed by atoms with E-state index in [2.05, 4.69) is 63.2 Å². The van der Waals surface area contributed by atoms with Crippen LogP contribution in [0.2, 0.25) is 0 Å². The molecule has 1 aromatic rings. The zero-order valence-corrected chi connectivity index (χ0v) is 21.4. The van der Waals surface area contributed by atoms with Gasteiger partial charge in [0.1, 0.15) is 6.54 Å². The number of rotatable bonds is 20. The zero-order valence-electron chi connectivity index (χ0n) is 20.7.